The zero-order valence-electron chi connectivity index (χ0n) is 10.8. The van der Waals surface area contributed by atoms with Crippen molar-refractivity contribution in [2.75, 3.05) is 19.2 Å². The minimum Gasteiger partial charge on any atom is -0.339 e. The molecule has 1 heterocycles. The molecule has 1 atom stereocenters. The number of hydrogen-bond acceptors (Lipinski definition) is 4. The summed E-state index contributed by atoms with van der Waals surface area (Å²) in [6, 6.07) is -0.814. The van der Waals surface area contributed by atoms with Gasteiger partial charge in [0.05, 0.1) is 18.1 Å². The molecule has 0 unspecified atom stereocenters. The summed E-state index contributed by atoms with van der Waals surface area (Å²) in [5.41, 5.74) is -2.18. The highest BCUT2D eigenvalue weighted by Gasteiger charge is 2.73. The van der Waals surface area contributed by atoms with E-state index >= 15 is 0 Å². The van der Waals surface area contributed by atoms with Crippen molar-refractivity contribution in [2.24, 2.45) is 0 Å². The van der Waals surface area contributed by atoms with E-state index in [0.29, 0.717) is 12.1 Å². The lowest BCUT2D eigenvalue weighted by molar-refractivity contribution is -0.308. The molecule has 0 amide bonds. The van der Waals surface area contributed by atoms with Gasteiger partial charge in [-0.05, 0) is 12.1 Å². The van der Waals surface area contributed by atoms with Crippen LogP contribution in [-0.4, -0.2) is 33.6 Å². The fourth-order valence-corrected chi connectivity index (χ4v) is 3.69. The van der Waals surface area contributed by atoms with E-state index in [0.717, 1.165) is 0 Å². The molecule has 2 aliphatic rings. The Balaban J connectivity index is 2.41. The monoisotopic (exact) mass is 344 g/mol. The van der Waals surface area contributed by atoms with Crippen molar-refractivity contribution in [1.82, 2.24) is 0 Å². The lowest BCUT2D eigenvalue weighted by Gasteiger charge is -2.30. The van der Waals surface area contributed by atoms with Gasteiger partial charge in [-0.3, -0.25) is 0 Å². The average Bonchev–Trinajstić information content (AvgIpc) is 3.01. The van der Waals surface area contributed by atoms with Crippen molar-refractivity contribution in [2.45, 2.75) is 22.8 Å². The van der Waals surface area contributed by atoms with Crippen molar-refractivity contribution in [1.29, 1.82) is 0 Å². The van der Waals surface area contributed by atoms with Crippen LogP contribution in [0.4, 0.5) is 22.0 Å². The fraction of sp³-hybridized carbons (Fsp3) is 0.500. The second-order valence-electron chi connectivity index (χ2n) is 4.86. The standard InChI is InChI=1S/C12H9F5O4S/c13-5-22(18,19)7-2-1-6(14)8-9(7)12(20-3-4-21-12)11(16,17)10(8)15/h1-2,10H,3-5H2/t10-/m1/s1. The van der Waals surface area contributed by atoms with Crippen LogP contribution in [0.15, 0.2) is 17.0 Å². The van der Waals surface area contributed by atoms with E-state index < -0.39 is 55.6 Å². The van der Waals surface area contributed by atoms with Gasteiger partial charge in [0, 0.05) is 11.1 Å². The van der Waals surface area contributed by atoms with Crippen LogP contribution in [0, 0.1) is 5.82 Å². The Morgan fingerprint density at radius 1 is 1.23 bits per heavy atom. The summed E-state index contributed by atoms with van der Waals surface area (Å²) in [6.45, 7) is -0.735. The first-order valence-electron chi connectivity index (χ1n) is 6.10. The van der Waals surface area contributed by atoms with E-state index in [9.17, 15) is 30.4 Å². The van der Waals surface area contributed by atoms with E-state index in [-0.39, 0.29) is 13.2 Å². The summed E-state index contributed by atoms with van der Waals surface area (Å²) in [7, 11) is -4.67. The van der Waals surface area contributed by atoms with Crippen LogP contribution < -0.4 is 0 Å². The van der Waals surface area contributed by atoms with E-state index in [2.05, 4.69) is 0 Å². The normalized spacial score (nSPS) is 25.6. The highest BCUT2D eigenvalue weighted by Crippen LogP contribution is 2.61. The Hall–Kier alpha value is -1.26. The first-order chi connectivity index (χ1) is 10.2. The predicted octanol–water partition coefficient (Wildman–Crippen LogP) is 2.39. The van der Waals surface area contributed by atoms with Gasteiger partial charge in [0.1, 0.15) is 5.82 Å². The number of hydrogen-bond donors (Lipinski definition) is 0. The number of ether oxygens (including phenoxy) is 2. The zero-order valence-corrected chi connectivity index (χ0v) is 11.6. The fourth-order valence-electron chi connectivity index (χ4n) is 2.74. The van der Waals surface area contributed by atoms with Crippen LogP contribution in [0.5, 0.6) is 0 Å². The molecule has 0 radical (unpaired) electrons. The molecule has 0 N–H and O–H groups in total. The quantitative estimate of drug-likeness (QED) is 0.611. The van der Waals surface area contributed by atoms with Crippen molar-refractivity contribution < 1.29 is 39.8 Å². The molecule has 1 saturated heterocycles. The van der Waals surface area contributed by atoms with Gasteiger partial charge in [0.15, 0.2) is 12.2 Å². The molecule has 0 aromatic heterocycles. The SMILES string of the molecule is O=S(=O)(CF)c1ccc(F)c2c1C1(OCCO1)C(F)(F)[C@@H]2F. The number of rotatable bonds is 2. The molecule has 1 aliphatic carbocycles. The van der Waals surface area contributed by atoms with Crippen molar-refractivity contribution in [3.63, 3.8) is 0 Å². The van der Waals surface area contributed by atoms with Crippen LogP contribution in [-0.2, 0) is 25.1 Å². The second kappa shape index (κ2) is 4.62. The van der Waals surface area contributed by atoms with Gasteiger partial charge in [-0.1, -0.05) is 0 Å². The topological polar surface area (TPSA) is 52.6 Å². The summed E-state index contributed by atoms with van der Waals surface area (Å²) < 4.78 is 102. The van der Waals surface area contributed by atoms with Crippen LogP contribution in [0.25, 0.3) is 0 Å². The highest BCUT2D eigenvalue weighted by atomic mass is 32.2. The summed E-state index contributed by atoms with van der Waals surface area (Å²) in [5.74, 6) is -8.80. The van der Waals surface area contributed by atoms with Gasteiger partial charge in [-0.25, -0.2) is 21.6 Å². The Labute approximate surface area is 121 Å². The largest absolute Gasteiger partial charge is 0.340 e. The average molecular weight is 344 g/mol. The maximum atomic E-state index is 14.3. The van der Waals surface area contributed by atoms with Gasteiger partial charge in [-0.15, -0.1) is 0 Å². The predicted molar refractivity (Wildman–Crippen MR) is 61.9 cm³/mol. The smallest absolute Gasteiger partial charge is 0.339 e. The first kappa shape index (κ1) is 15.6. The van der Waals surface area contributed by atoms with Crippen molar-refractivity contribution in [3.05, 3.63) is 29.1 Å². The van der Waals surface area contributed by atoms with Crippen LogP contribution in [0.3, 0.4) is 0 Å². The van der Waals surface area contributed by atoms with Crippen molar-refractivity contribution >= 4 is 9.84 Å². The molecule has 122 valence electrons. The molecule has 1 aliphatic heterocycles. The van der Waals surface area contributed by atoms with E-state index in [1.165, 1.54) is 0 Å². The maximum Gasteiger partial charge on any atom is 0.340 e. The third kappa shape index (κ3) is 1.71. The third-order valence-electron chi connectivity index (χ3n) is 3.67. The lowest BCUT2D eigenvalue weighted by atomic mass is 10.1. The van der Waals surface area contributed by atoms with Gasteiger partial charge >= 0.3 is 5.92 Å². The van der Waals surface area contributed by atoms with Gasteiger partial charge in [0.2, 0.25) is 9.84 Å². The summed E-state index contributed by atoms with van der Waals surface area (Å²) >= 11 is 0. The zero-order chi connectivity index (χ0) is 16.3. The van der Waals surface area contributed by atoms with Crippen LogP contribution in [0.1, 0.15) is 17.3 Å². The molecule has 0 bridgehead atoms. The first-order valence-corrected chi connectivity index (χ1v) is 7.75. The van der Waals surface area contributed by atoms with Crippen LogP contribution >= 0.6 is 0 Å². The Bertz CT molecular complexity index is 727. The molecule has 1 aromatic rings. The maximum absolute atomic E-state index is 14.3. The Kier molecular flexibility index (Phi) is 3.28. The highest BCUT2D eigenvalue weighted by molar-refractivity contribution is 7.91. The molecule has 1 spiro atoms. The van der Waals surface area contributed by atoms with Gasteiger partial charge in [0.25, 0.3) is 5.79 Å². The second-order valence-corrected chi connectivity index (χ2v) is 6.74. The van der Waals surface area contributed by atoms with Crippen LogP contribution in [0.2, 0.25) is 0 Å². The third-order valence-corrected chi connectivity index (χ3v) is 4.96. The number of alkyl halides is 4. The molecule has 10 heteroatoms. The Morgan fingerprint density at radius 2 is 1.82 bits per heavy atom. The molecule has 3 rings (SSSR count). The molecule has 4 nitrogen and oxygen atoms in total. The minimum absolute atomic E-state index is 0.368. The summed E-state index contributed by atoms with van der Waals surface area (Å²) in [5, 5.41) is 0. The van der Waals surface area contributed by atoms with E-state index in [4.69, 9.17) is 9.47 Å². The van der Waals surface area contributed by atoms with E-state index in [1.54, 1.807) is 0 Å². The number of halogens is 5. The van der Waals surface area contributed by atoms with E-state index in [1.807, 2.05) is 0 Å². The molecule has 1 aromatic carbocycles. The minimum atomic E-state index is -4.67. The number of benzene rings is 1. The summed E-state index contributed by atoms with van der Waals surface area (Å²) in [4.78, 5) is -0.965. The van der Waals surface area contributed by atoms with Gasteiger partial charge < -0.3 is 9.47 Å². The van der Waals surface area contributed by atoms with Gasteiger partial charge in [-0.2, -0.15) is 8.78 Å². The molecular formula is C12H9F5O4S. The lowest BCUT2D eigenvalue weighted by Crippen LogP contribution is -2.44. The summed E-state index contributed by atoms with van der Waals surface area (Å²) in [6.07, 6.45) is -3.17. The molecular weight excluding hydrogens is 335 g/mol. The molecule has 22 heavy (non-hydrogen) atoms. The molecule has 1 fully saturated rings. The number of fused-ring (bicyclic) bond motifs is 2. The Morgan fingerprint density at radius 3 is 2.36 bits per heavy atom. The number of sulfone groups is 1. The molecule has 0 saturated carbocycles. The van der Waals surface area contributed by atoms with Crippen molar-refractivity contribution in [3.8, 4) is 0 Å².